The molecule has 2 rings (SSSR count). The standard InChI is InChI=1S/C12H14N2O2/c15-6-2-4-9-3-1-5-10(7-9)11-8-13-12(16)14-11/h1,3,5,7-8,15H,2,4,6H2,(H2,13,14,16). The zero-order valence-electron chi connectivity index (χ0n) is 8.86. The average Bonchev–Trinajstić information content (AvgIpc) is 2.74. The molecule has 0 bridgehead atoms. The van der Waals surface area contributed by atoms with Crippen LogP contribution in [0, 0.1) is 0 Å². The molecule has 84 valence electrons. The third kappa shape index (κ3) is 2.41. The van der Waals surface area contributed by atoms with Gasteiger partial charge in [-0.25, -0.2) is 4.79 Å². The maximum Gasteiger partial charge on any atom is 0.323 e. The molecule has 0 aliphatic carbocycles. The lowest BCUT2D eigenvalue weighted by Crippen LogP contribution is -2.00. The van der Waals surface area contributed by atoms with E-state index in [1.54, 1.807) is 6.20 Å². The van der Waals surface area contributed by atoms with Gasteiger partial charge in [0.05, 0.1) is 5.69 Å². The van der Waals surface area contributed by atoms with Crippen LogP contribution < -0.4 is 5.69 Å². The normalized spacial score (nSPS) is 10.6. The van der Waals surface area contributed by atoms with Gasteiger partial charge in [0.15, 0.2) is 0 Å². The predicted octanol–water partition coefficient (Wildman–Crippen LogP) is 1.29. The van der Waals surface area contributed by atoms with Gasteiger partial charge in [-0.05, 0) is 30.0 Å². The molecule has 4 heteroatoms. The van der Waals surface area contributed by atoms with Crippen molar-refractivity contribution in [2.24, 2.45) is 0 Å². The third-order valence-electron chi connectivity index (χ3n) is 2.46. The maximum atomic E-state index is 11.0. The van der Waals surface area contributed by atoms with Crippen molar-refractivity contribution < 1.29 is 5.11 Å². The molecule has 16 heavy (non-hydrogen) atoms. The van der Waals surface area contributed by atoms with Gasteiger partial charge in [0.1, 0.15) is 0 Å². The first-order valence-electron chi connectivity index (χ1n) is 5.27. The Morgan fingerprint density at radius 2 is 2.19 bits per heavy atom. The monoisotopic (exact) mass is 218 g/mol. The number of H-pyrrole nitrogens is 2. The molecule has 0 atom stereocenters. The maximum absolute atomic E-state index is 11.0. The Bertz CT molecular complexity index is 513. The number of rotatable bonds is 4. The molecule has 3 N–H and O–H groups in total. The van der Waals surface area contributed by atoms with E-state index in [1.807, 2.05) is 24.3 Å². The van der Waals surface area contributed by atoms with Gasteiger partial charge in [0.2, 0.25) is 0 Å². The van der Waals surface area contributed by atoms with Gasteiger partial charge in [0.25, 0.3) is 0 Å². The highest BCUT2D eigenvalue weighted by atomic mass is 16.2. The highest BCUT2D eigenvalue weighted by Crippen LogP contribution is 2.17. The Balaban J connectivity index is 2.25. The molecule has 0 spiro atoms. The summed E-state index contributed by atoms with van der Waals surface area (Å²) in [4.78, 5) is 16.3. The molecule has 1 aromatic heterocycles. The van der Waals surface area contributed by atoms with Crippen molar-refractivity contribution >= 4 is 0 Å². The van der Waals surface area contributed by atoms with Gasteiger partial charge in [-0.3, -0.25) is 0 Å². The molecule has 0 saturated heterocycles. The summed E-state index contributed by atoms with van der Waals surface area (Å²) in [6, 6.07) is 7.94. The summed E-state index contributed by atoms with van der Waals surface area (Å²) >= 11 is 0. The van der Waals surface area contributed by atoms with Crippen molar-refractivity contribution in [1.29, 1.82) is 0 Å². The summed E-state index contributed by atoms with van der Waals surface area (Å²) in [7, 11) is 0. The van der Waals surface area contributed by atoms with Crippen LogP contribution in [0.25, 0.3) is 11.3 Å². The summed E-state index contributed by atoms with van der Waals surface area (Å²) in [6.45, 7) is 0.200. The molecule has 0 radical (unpaired) electrons. The molecule has 0 saturated carbocycles. The Morgan fingerprint density at radius 1 is 1.31 bits per heavy atom. The number of aryl methyl sites for hydroxylation is 1. The van der Waals surface area contributed by atoms with Gasteiger partial charge in [0, 0.05) is 12.8 Å². The Labute approximate surface area is 93.0 Å². The zero-order chi connectivity index (χ0) is 11.4. The van der Waals surface area contributed by atoms with Crippen LogP contribution in [0.15, 0.2) is 35.3 Å². The van der Waals surface area contributed by atoms with Gasteiger partial charge < -0.3 is 15.1 Å². The van der Waals surface area contributed by atoms with E-state index in [9.17, 15) is 4.79 Å². The van der Waals surface area contributed by atoms with E-state index in [0.717, 1.165) is 29.7 Å². The molecule has 2 aromatic rings. The topological polar surface area (TPSA) is 68.9 Å². The summed E-state index contributed by atoms with van der Waals surface area (Å²) in [5.41, 5.74) is 2.73. The Morgan fingerprint density at radius 3 is 2.88 bits per heavy atom. The second-order valence-corrected chi connectivity index (χ2v) is 3.68. The van der Waals surface area contributed by atoms with E-state index in [1.165, 1.54) is 0 Å². The molecule has 0 fully saturated rings. The van der Waals surface area contributed by atoms with Crippen molar-refractivity contribution in [2.75, 3.05) is 6.61 Å². The summed E-state index contributed by atoms with van der Waals surface area (Å²) < 4.78 is 0. The molecule has 0 unspecified atom stereocenters. The van der Waals surface area contributed by atoms with E-state index >= 15 is 0 Å². The first-order chi connectivity index (χ1) is 7.79. The van der Waals surface area contributed by atoms with Gasteiger partial charge in [-0.1, -0.05) is 18.2 Å². The van der Waals surface area contributed by atoms with Gasteiger partial charge >= 0.3 is 5.69 Å². The van der Waals surface area contributed by atoms with E-state index in [2.05, 4.69) is 9.97 Å². The summed E-state index contributed by atoms with van der Waals surface area (Å²) in [5, 5.41) is 8.76. The lowest BCUT2D eigenvalue weighted by molar-refractivity contribution is 0.288. The van der Waals surface area contributed by atoms with Crippen molar-refractivity contribution in [2.45, 2.75) is 12.8 Å². The fourth-order valence-corrected chi connectivity index (χ4v) is 1.67. The number of aromatic nitrogens is 2. The third-order valence-corrected chi connectivity index (χ3v) is 2.46. The van der Waals surface area contributed by atoms with Crippen LogP contribution in [0.1, 0.15) is 12.0 Å². The smallest absolute Gasteiger partial charge is 0.323 e. The number of imidazole rings is 1. The van der Waals surface area contributed by atoms with Crippen LogP contribution in [-0.4, -0.2) is 21.7 Å². The SMILES string of the molecule is O=c1[nH]cc(-c2cccc(CCCO)c2)[nH]1. The zero-order valence-corrected chi connectivity index (χ0v) is 8.86. The fourth-order valence-electron chi connectivity index (χ4n) is 1.67. The van der Waals surface area contributed by atoms with Gasteiger partial charge in [-0.15, -0.1) is 0 Å². The van der Waals surface area contributed by atoms with Gasteiger partial charge in [-0.2, -0.15) is 0 Å². The van der Waals surface area contributed by atoms with Crippen molar-refractivity contribution in [3.05, 3.63) is 46.5 Å². The van der Waals surface area contributed by atoms with E-state index in [4.69, 9.17) is 5.11 Å². The van der Waals surface area contributed by atoms with Crippen LogP contribution in [0.3, 0.4) is 0 Å². The number of benzene rings is 1. The molecule has 1 heterocycles. The van der Waals surface area contributed by atoms with E-state index in [-0.39, 0.29) is 12.3 Å². The van der Waals surface area contributed by atoms with Crippen LogP contribution in [-0.2, 0) is 6.42 Å². The molecular formula is C12H14N2O2. The molecule has 0 amide bonds. The molecular weight excluding hydrogens is 204 g/mol. The van der Waals surface area contributed by atoms with Crippen LogP contribution in [0.2, 0.25) is 0 Å². The fraction of sp³-hybridized carbons (Fsp3) is 0.250. The predicted molar refractivity (Wildman–Crippen MR) is 62.3 cm³/mol. The Hall–Kier alpha value is -1.81. The molecule has 0 aliphatic rings. The van der Waals surface area contributed by atoms with Crippen molar-refractivity contribution in [1.82, 2.24) is 9.97 Å². The largest absolute Gasteiger partial charge is 0.396 e. The number of hydrogen-bond acceptors (Lipinski definition) is 2. The number of aromatic amines is 2. The average molecular weight is 218 g/mol. The van der Waals surface area contributed by atoms with E-state index in [0.29, 0.717) is 0 Å². The minimum absolute atomic E-state index is 0.198. The second-order valence-electron chi connectivity index (χ2n) is 3.68. The number of hydrogen-bond donors (Lipinski definition) is 3. The lowest BCUT2D eigenvalue weighted by atomic mass is 10.1. The van der Waals surface area contributed by atoms with Crippen LogP contribution >= 0.6 is 0 Å². The van der Waals surface area contributed by atoms with Crippen LogP contribution in [0.4, 0.5) is 0 Å². The highest BCUT2D eigenvalue weighted by Gasteiger charge is 2.01. The molecule has 0 aliphatic heterocycles. The van der Waals surface area contributed by atoms with Crippen molar-refractivity contribution in [3.8, 4) is 11.3 Å². The molecule has 4 nitrogen and oxygen atoms in total. The first kappa shape index (κ1) is 10.7. The number of nitrogens with one attached hydrogen (secondary N) is 2. The second kappa shape index (κ2) is 4.81. The highest BCUT2D eigenvalue weighted by molar-refractivity contribution is 5.58. The van der Waals surface area contributed by atoms with Crippen molar-refractivity contribution in [3.63, 3.8) is 0 Å². The lowest BCUT2D eigenvalue weighted by Gasteiger charge is -2.02. The first-order valence-corrected chi connectivity index (χ1v) is 5.27. The van der Waals surface area contributed by atoms with E-state index < -0.39 is 0 Å². The molecule has 1 aromatic carbocycles. The van der Waals surface area contributed by atoms with Crippen LogP contribution in [0.5, 0.6) is 0 Å². The quantitative estimate of drug-likeness (QED) is 0.723. The summed E-state index contributed by atoms with van der Waals surface area (Å²) in [5.74, 6) is 0. The Kier molecular flexibility index (Phi) is 3.22. The number of aliphatic hydroxyl groups excluding tert-OH is 1. The summed E-state index contributed by atoms with van der Waals surface area (Å²) in [6.07, 6.45) is 3.26. The minimum Gasteiger partial charge on any atom is -0.396 e. The minimum atomic E-state index is -0.198. The number of aliphatic hydroxyl groups is 1.